The predicted octanol–water partition coefficient (Wildman–Crippen LogP) is 3.31. The number of rotatable bonds is 2. The standard InChI is InChI=1S/C21H15N5O3/c27-13-3-1-4-15-16(13)17(14-5-2-10-28-14)18-20-24-19(12-6-8-22-9-7-12)25-26(20)11-23-21(18)29-15/h2,5-11,17H,1,3-4H2. The zero-order valence-corrected chi connectivity index (χ0v) is 15.3. The minimum atomic E-state index is -0.415. The van der Waals surface area contributed by atoms with Crippen molar-refractivity contribution in [2.45, 2.75) is 25.2 Å². The van der Waals surface area contributed by atoms with Crippen molar-refractivity contribution in [1.82, 2.24) is 24.6 Å². The average Bonchev–Trinajstić information content (AvgIpc) is 3.43. The zero-order chi connectivity index (χ0) is 19.4. The van der Waals surface area contributed by atoms with E-state index in [-0.39, 0.29) is 5.78 Å². The second-order valence-electron chi connectivity index (χ2n) is 7.07. The molecule has 4 aromatic rings. The fourth-order valence-corrected chi connectivity index (χ4v) is 4.08. The topological polar surface area (TPSA) is 95.4 Å². The Balaban J connectivity index is 1.62. The van der Waals surface area contributed by atoms with Crippen LogP contribution in [-0.2, 0) is 4.79 Å². The van der Waals surface area contributed by atoms with E-state index >= 15 is 0 Å². The molecule has 5 heterocycles. The lowest BCUT2D eigenvalue weighted by Gasteiger charge is -2.30. The van der Waals surface area contributed by atoms with Gasteiger partial charge in [0.05, 0.1) is 17.7 Å². The van der Waals surface area contributed by atoms with E-state index in [4.69, 9.17) is 14.1 Å². The predicted molar refractivity (Wildman–Crippen MR) is 101 cm³/mol. The number of nitrogens with zero attached hydrogens (tertiary/aromatic N) is 5. The van der Waals surface area contributed by atoms with Crippen LogP contribution in [0.4, 0.5) is 0 Å². The van der Waals surface area contributed by atoms with Gasteiger partial charge in [-0.15, -0.1) is 5.10 Å². The molecule has 0 spiro atoms. The number of furan rings is 1. The highest BCUT2D eigenvalue weighted by Gasteiger charge is 2.40. The minimum Gasteiger partial charge on any atom is -0.468 e. The molecule has 8 heteroatoms. The van der Waals surface area contributed by atoms with Crippen LogP contribution in [0.3, 0.4) is 0 Å². The Morgan fingerprint density at radius 3 is 2.86 bits per heavy atom. The van der Waals surface area contributed by atoms with Gasteiger partial charge >= 0.3 is 0 Å². The van der Waals surface area contributed by atoms with Crippen LogP contribution in [0.2, 0.25) is 0 Å². The monoisotopic (exact) mass is 385 g/mol. The number of pyridine rings is 1. The number of ketones is 1. The number of ether oxygens (including phenoxy) is 1. The lowest BCUT2D eigenvalue weighted by atomic mass is 9.80. The Labute approximate surface area is 164 Å². The van der Waals surface area contributed by atoms with Crippen LogP contribution in [-0.4, -0.2) is 30.3 Å². The zero-order valence-electron chi connectivity index (χ0n) is 15.3. The molecule has 0 bridgehead atoms. The lowest BCUT2D eigenvalue weighted by Crippen LogP contribution is -2.26. The van der Waals surface area contributed by atoms with Gasteiger partial charge in [-0.25, -0.2) is 14.5 Å². The maximum atomic E-state index is 12.9. The third-order valence-electron chi connectivity index (χ3n) is 5.36. The molecule has 2 aliphatic rings. The van der Waals surface area contributed by atoms with E-state index in [1.54, 1.807) is 29.5 Å². The molecule has 0 amide bonds. The van der Waals surface area contributed by atoms with E-state index < -0.39 is 5.92 Å². The summed E-state index contributed by atoms with van der Waals surface area (Å²) in [4.78, 5) is 26.1. The highest BCUT2D eigenvalue weighted by atomic mass is 16.5. The number of hydrogen-bond donors (Lipinski definition) is 0. The van der Waals surface area contributed by atoms with E-state index in [0.29, 0.717) is 52.8 Å². The van der Waals surface area contributed by atoms with Crippen molar-refractivity contribution >= 4 is 11.4 Å². The second-order valence-corrected chi connectivity index (χ2v) is 7.07. The Morgan fingerprint density at radius 1 is 1.14 bits per heavy atom. The fourth-order valence-electron chi connectivity index (χ4n) is 4.08. The first-order valence-corrected chi connectivity index (χ1v) is 9.43. The Morgan fingerprint density at radius 2 is 2.03 bits per heavy atom. The average molecular weight is 385 g/mol. The first-order valence-electron chi connectivity index (χ1n) is 9.43. The molecule has 0 N–H and O–H groups in total. The summed E-state index contributed by atoms with van der Waals surface area (Å²) >= 11 is 0. The molecule has 0 fully saturated rings. The van der Waals surface area contributed by atoms with E-state index in [0.717, 1.165) is 12.0 Å². The summed E-state index contributed by atoms with van der Waals surface area (Å²) < 4.78 is 13.4. The summed E-state index contributed by atoms with van der Waals surface area (Å²) in [5.74, 6) is 2.01. The van der Waals surface area contributed by atoms with Crippen molar-refractivity contribution in [3.8, 4) is 17.3 Å². The molecule has 8 nitrogen and oxygen atoms in total. The number of fused-ring (bicyclic) bond motifs is 3. The summed E-state index contributed by atoms with van der Waals surface area (Å²) in [5.41, 5.74) is 2.77. The third-order valence-corrected chi connectivity index (χ3v) is 5.36. The molecular weight excluding hydrogens is 370 g/mol. The number of aromatic nitrogens is 5. The summed E-state index contributed by atoms with van der Waals surface area (Å²) in [7, 11) is 0. The SMILES string of the molecule is O=C1CCCC2=C1C(c1ccco1)c1c(ncn3nc(-c4ccncc4)nc13)O2. The van der Waals surface area contributed by atoms with E-state index in [1.807, 2.05) is 24.3 Å². The molecule has 29 heavy (non-hydrogen) atoms. The molecule has 4 aromatic heterocycles. The van der Waals surface area contributed by atoms with Gasteiger partial charge in [-0.05, 0) is 30.7 Å². The van der Waals surface area contributed by atoms with Crippen LogP contribution < -0.4 is 4.74 Å². The van der Waals surface area contributed by atoms with Gasteiger partial charge in [-0.3, -0.25) is 9.78 Å². The van der Waals surface area contributed by atoms with Gasteiger partial charge in [0.2, 0.25) is 5.88 Å². The molecule has 6 rings (SSSR count). The van der Waals surface area contributed by atoms with Gasteiger partial charge in [0.1, 0.15) is 17.8 Å². The molecule has 0 saturated heterocycles. The highest BCUT2D eigenvalue weighted by Crippen LogP contribution is 2.47. The number of Topliss-reactive ketones (excluding diaryl/α,β-unsaturated/α-hetero) is 1. The van der Waals surface area contributed by atoms with Gasteiger partial charge in [0.25, 0.3) is 0 Å². The van der Waals surface area contributed by atoms with Gasteiger partial charge in [0, 0.05) is 36.4 Å². The number of allylic oxidation sites excluding steroid dienone is 2. The van der Waals surface area contributed by atoms with Crippen LogP contribution in [0.1, 0.15) is 36.5 Å². The van der Waals surface area contributed by atoms with Crippen molar-refractivity contribution in [1.29, 1.82) is 0 Å². The van der Waals surface area contributed by atoms with Crippen molar-refractivity contribution in [2.24, 2.45) is 0 Å². The van der Waals surface area contributed by atoms with Crippen molar-refractivity contribution in [3.05, 3.63) is 71.9 Å². The Hall–Kier alpha value is -3.81. The van der Waals surface area contributed by atoms with Crippen LogP contribution in [0, 0.1) is 0 Å². The van der Waals surface area contributed by atoms with Crippen molar-refractivity contribution < 1.29 is 13.9 Å². The van der Waals surface area contributed by atoms with Crippen molar-refractivity contribution in [3.63, 3.8) is 0 Å². The third kappa shape index (κ3) is 2.42. The van der Waals surface area contributed by atoms with Gasteiger partial charge < -0.3 is 9.15 Å². The minimum absolute atomic E-state index is 0.0779. The molecule has 142 valence electrons. The summed E-state index contributed by atoms with van der Waals surface area (Å²) in [5, 5.41) is 4.56. The molecule has 1 aliphatic heterocycles. The van der Waals surface area contributed by atoms with Crippen LogP contribution >= 0.6 is 0 Å². The summed E-state index contributed by atoms with van der Waals surface area (Å²) in [6.45, 7) is 0. The Kier molecular flexibility index (Phi) is 3.40. The fraction of sp³-hybridized carbons (Fsp3) is 0.190. The molecule has 0 aromatic carbocycles. The molecule has 0 radical (unpaired) electrons. The molecule has 1 unspecified atom stereocenters. The first kappa shape index (κ1) is 16.2. The molecule has 0 saturated carbocycles. The number of carbonyl (C=O) groups excluding carboxylic acids is 1. The Bertz CT molecular complexity index is 1270. The largest absolute Gasteiger partial charge is 0.468 e. The van der Waals surface area contributed by atoms with E-state index in [2.05, 4.69) is 15.1 Å². The second kappa shape index (κ2) is 6.10. The summed E-state index contributed by atoms with van der Waals surface area (Å²) in [6, 6.07) is 7.38. The molecule has 1 atom stereocenters. The number of carbonyl (C=O) groups is 1. The number of hydrogen-bond acceptors (Lipinski definition) is 7. The summed E-state index contributed by atoms with van der Waals surface area (Å²) in [6.07, 6.45) is 8.57. The molecular formula is C21H15N5O3. The van der Waals surface area contributed by atoms with E-state index in [1.165, 1.54) is 0 Å². The van der Waals surface area contributed by atoms with Crippen LogP contribution in [0.15, 0.2) is 65.0 Å². The first-order chi connectivity index (χ1) is 14.3. The van der Waals surface area contributed by atoms with Gasteiger partial charge in [-0.1, -0.05) is 0 Å². The van der Waals surface area contributed by atoms with E-state index in [9.17, 15) is 4.79 Å². The molecule has 1 aliphatic carbocycles. The quantitative estimate of drug-likeness (QED) is 0.522. The smallest absolute Gasteiger partial charge is 0.228 e. The van der Waals surface area contributed by atoms with Crippen LogP contribution in [0.25, 0.3) is 17.0 Å². The highest BCUT2D eigenvalue weighted by molar-refractivity contribution is 5.99. The van der Waals surface area contributed by atoms with Crippen LogP contribution in [0.5, 0.6) is 5.88 Å². The maximum absolute atomic E-state index is 12.9. The lowest BCUT2D eigenvalue weighted by molar-refractivity contribution is -0.116. The normalized spacial score (nSPS) is 18.5. The van der Waals surface area contributed by atoms with Gasteiger partial charge in [0.15, 0.2) is 17.3 Å². The van der Waals surface area contributed by atoms with Gasteiger partial charge in [-0.2, -0.15) is 0 Å². The maximum Gasteiger partial charge on any atom is 0.228 e. The van der Waals surface area contributed by atoms with Crippen molar-refractivity contribution in [2.75, 3.05) is 0 Å².